The monoisotopic (exact) mass is 301 g/mol. The second-order valence-corrected chi connectivity index (χ2v) is 5.68. The van der Waals surface area contributed by atoms with E-state index in [1.807, 2.05) is 32.0 Å². The summed E-state index contributed by atoms with van der Waals surface area (Å²) in [4.78, 5) is 0. The first-order valence-electron chi connectivity index (χ1n) is 7.30. The minimum atomic E-state index is -0.380. The number of hydrogen-bond acceptors (Lipinski definition) is 1. The summed E-state index contributed by atoms with van der Waals surface area (Å²) >= 11 is 0. The van der Waals surface area contributed by atoms with E-state index in [2.05, 4.69) is 13.8 Å². The SMILES string of the molecule is CC(C)c1ccc(F)cc1.CC(C)c1cccc(C#N)c1F. The van der Waals surface area contributed by atoms with Gasteiger partial charge in [-0.25, -0.2) is 8.78 Å². The molecule has 0 unspecified atom stereocenters. The van der Waals surface area contributed by atoms with Crippen molar-refractivity contribution in [1.82, 2.24) is 0 Å². The molecule has 22 heavy (non-hydrogen) atoms. The van der Waals surface area contributed by atoms with Crippen LogP contribution in [0.25, 0.3) is 0 Å². The van der Waals surface area contributed by atoms with Gasteiger partial charge in [0.2, 0.25) is 0 Å². The van der Waals surface area contributed by atoms with Gasteiger partial charge in [0.15, 0.2) is 0 Å². The zero-order valence-electron chi connectivity index (χ0n) is 13.4. The van der Waals surface area contributed by atoms with Crippen LogP contribution in [0.5, 0.6) is 0 Å². The lowest BCUT2D eigenvalue weighted by Crippen LogP contribution is -1.95. The zero-order chi connectivity index (χ0) is 16.7. The number of benzene rings is 2. The van der Waals surface area contributed by atoms with Crippen LogP contribution in [0.15, 0.2) is 42.5 Å². The number of halogens is 2. The third-order valence-corrected chi connectivity index (χ3v) is 3.31. The Balaban J connectivity index is 0.000000224. The molecule has 0 aliphatic carbocycles. The van der Waals surface area contributed by atoms with Crippen LogP contribution in [0.4, 0.5) is 8.78 Å². The lowest BCUT2D eigenvalue weighted by atomic mass is 10.0. The van der Waals surface area contributed by atoms with E-state index in [1.165, 1.54) is 23.8 Å². The molecule has 0 aliphatic heterocycles. The fraction of sp³-hybridized carbons (Fsp3) is 0.316. The van der Waals surface area contributed by atoms with Crippen molar-refractivity contribution in [1.29, 1.82) is 5.26 Å². The minimum Gasteiger partial charge on any atom is -0.207 e. The van der Waals surface area contributed by atoms with E-state index in [0.29, 0.717) is 11.5 Å². The van der Waals surface area contributed by atoms with Gasteiger partial charge in [0.1, 0.15) is 17.7 Å². The molecule has 0 bridgehead atoms. The molecule has 0 saturated carbocycles. The molecule has 3 heteroatoms. The first kappa shape index (κ1) is 17.8. The summed E-state index contributed by atoms with van der Waals surface area (Å²) in [5, 5.41) is 8.53. The van der Waals surface area contributed by atoms with Gasteiger partial charge in [0.25, 0.3) is 0 Å². The average molecular weight is 301 g/mol. The topological polar surface area (TPSA) is 23.8 Å². The van der Waals surface area contributed by atoms with Crippen molar-refractivity contribution in [2.75, 3.05) is 0 Å². The van der Waals surface area contributed by atoms with Crippen LogP contribution in [-0.2, 0) is 0 Å². The van der Waals surface area contributed by atoms with Crippen LogP contribution in [0.1, 0.15) is 56.2 Å². The molecule has 0 radical (unpaired) electrons. The van der Waals surface area contributed by atoms with Gasteiger partial charge in [-0.2, -0.15) is 5.26 Å². The predicted molar refractivity (Wildman–Crippen MR) is 85.7 cm³/mol. The normalized spacial score (nSPS) is 10.1. The molecule has 2 aromatic carbocycles. The Bertz CT molecular complexity index is 637. The van der Waals surface area contributed by atoms with Gasteiger partial charge in [0.05, 0.1) is 5.56 Å². The Morgan fingerprint density at radius 1 is 0.864 bits per heavy atom. The third-order valence-electron chi connectivity index (χ3n) is 3.31. The molecule has 0 spiro atoms. The van der Waals surface area contributed by atoms with Crippen LogP contribution >= 0.6 is 0 Å². The summed E-state index contributed by atoms with van der Waals surface area (Å²) in [6.45, 7) is 7.99. The maximum atomic E-state index is 13.3. The highest BCUT2D eigenvalue weighted by Crippen LogP contribution is 2.20. The van der Waals surface area contributed by atoms with Crippen LogP contribution in [0.3, 0.4) is 0 Å². The van der Waals surface area contributed by atoms with Gasteiger partial charge in [-0.05, 0) is 41.2 Å². The van der Waals surface area contributed by atoms with E-state index in [0.717, 1.165) is 0 Å². The van der Waals surface area contributed by atoms with E-state index >= 15 is 0 Å². The molecule has 0 fully saturated rings. The quantitative estimate of drug-likeness (QED) is 0.690. The van der Waals surface area contributed by atoms with Crippen molar-refractivity contribution < 1.29 is 8.78 Å². The summed E-state index contributed by atoms with van der Waals surface area (Å²) < 4.78 is 25.7. The molecular weight excluding hydrogens is 280 g/mol. The Kier molecular flexibility index (Phi) is 6.72. The lowest BCUT2D eigenvalue weighted by Gasteiger charge is -2.06. The van der Waals surface area contributed by atoms with Crippen molar-refractivity contribution in [3.8, 4) is 6.07 Å². The van der Waals surface area contributed by atoms with Gasteiger partial charge in [-0.3, -0.25) is 0 Å². The second-order valence-electron chi connectivity index (χ2n) is 5.68. The highest BCUT2D eigenvalue weighted by atomic mass is 19.1. The number of rotatable bonds is 2. The summed E-state index contributed by atoms with van der Waals surface area (Å²) in [6.07, 6.45) is 0. The minimum absolute atomic E-state index is 0.123. The lowest BCUT2D eigenvalue weighted by molar-refractivity contribution is 0.595. The predicted octanol–water partition coefficient (Wildman–Crippen LogP) is 5.77. The fourth-order valence-electron chi connectivity index (χ4n) is 1.93. The summed E-state index contributed by atoms with van der Waals surface area (Å²) in [6, 6.07) is 13.3. The van der Waals surface area contributed by atoms with Gasteiger partial charge in [-0.15, -0.1) is 0 Å². The van der Waals surface area contributed by atoms with Gasteiger partial charge < -0.3 is 0 Å². The van der Waals surface area contributed by atoms with E-state index in [-0.39, 0.29) is 23.1 Å². The first-order chi connectivity index (χ1) is 10.4. The third kappa shape index (κ3) is 4.96. The van der Waals surface area contributed by atoms with E-state index in [1.54, 1.807) is 12.1 Å². The highest BCUT2D eigenvalue weighted by Gasteiger charge is 2.09. The molecular formula is C19H21F2N. The Morgan fingerprint density at radius 2 is 1.45 bits per heavy atom. The van der Waals surface area contributed by atoms with Crippen LogP contribution in [-0.4, -0.2) is 0 Å². The Hall–Kier alpha value is -2.21. The molecule has 0 heterocycles. The molecule has 0 atom stereocenters. The summed E-state index contributed by atoms with van der Waals surface area (Å²) in [5.41, 5.74) is 1.91. The van der Waals surface area contributed by atoms with Crippen molar-refractivity contribution in [2.24, 2.45) is 0 Å². The molecule has 0 saturated heterocycles. The van der Waals surface area contributed by atoms with Crippen LogP contribution < -0.4 is 0 Å². The molecule has 0 N–H and O–H groups in total. The maximum absolute atomic E-state index is 13.3. The van der Waals surface area contributed by atoms with E-state index in [4.69, 9.17) is 5.26 Å². The van der Waals surface area contributed by atoms with Crippen molar-refractivity contribution >= 4 is 0 Å². The molecule has 2 rings (SSSR count). The van der Waals surface area contributed by atoms with Crippen molar-refractivity contribution in [3.63, 3.8) is 0 Å². The van der Waals surface area contributed by atoms with Crippen molar-refractivity contribution in [3.05, 3.63) is 70.8 Å². The molecule has 0 aliphatic rings. The van der Waals surface area contributed by atoms with E-state index in [9.17, 15) is 8.78 Å². The summed E-state index contributed by atoms with van der Waals surface area (Å²) in [7, 11) is 0. The smallest absolute Gasteiger partial charge is 0.144 e. The maximum Gasteiger partial charge on any atom is 0.144 e. The fourth-order valence-corrected chi connectivity index (χ4v) is 1.93. The molecule has 0 amide bonds. The van der Waals surface area contributed by atoms with Crippen LogP contribution in [0, 0.1) is 23.0 Å². The number of nitriles is 1. The summed E-state index contributed by atoms with van der Waals surface area (Å²) in [5.74, 6) is 0.0679. The average Bonchev–Trinajstić information content (AvgIpc) is 2.48. The second kappa shape index (κ2) is 8.29. The zero-order valence-corrected chi connectivity index (χ0v) is 13.4. The largest absolute Gasteiger partial charge is 0.207 e. The van der Waals surface area contributed by atoms with Crippen molar-refractivity contribution in [2.45, 2.75) is 39.5 Å². The molecule has 2 aromatic rings. The van der Waals surface area contributed by atoms with Gasteiger partial charge >= 0.3 is 0 Å². The first-order valence-corrected chi connectivity index (χ1v) is 7.30. The van der Waals surface area contributed by atoms with Crippen LogP contribution in [0.2, 0.25) is 0 Å². The number of hydrogen-bond donors (Lipinski definition) is 0. The highest BCUT2D eigenvalue weighted by molar-refractivity contribution is 5.36. The standard InChI is InChI=1S/C10H10FN.C9H11F/c1-7(2)9-5-3-4-8(6-12)10(9)11;1-7(2)8-3-5-9(10)6-4-8/h3-5,7H,1-2H3;3-7H,1-2H3. The molecule has 0 aromatic heterocycles. The molecule has 1 nitrogen and oxygen atoms in total. The Morgan fingerprint density at radius 3 is 1.91 bits per heavy atom. The van der Waals surface area contributed by atoms with Gasteiger partial charge in [-0.1, -0.05) is 52.0 Å². The Labute approximate surface area is 131 Å². The number of nitrogens with zero attached hydrogens (tertiary/aromatic N) is 1. The molecule has 116 valence electrons. The van der Waals surface area contributed by atoms with E-state index < -0.39 is 0 Å². The van der Waals surface area contributed by atoms with Gasteiger partial charge in [0, 0.05) is 0 Å².